The molecule has 2 aliphatic rings. The highest BCUT2D eigenvalue weighted by Gasteiger charge is 2.24. The molecule has 5 nitrogen and oxygen atoms in total. The predicted molar refractivity (Wildman–Crippen MR) is 101 cm³/mol. The van der Waals surface area contributed by atoms with Gasteiger partial charge in [0.25, 0.3) is 0 Å². The van der Waals surface area contributed by atoms with Crippen LogP contribution in [0.1, 0.15) is 22.3 Å². The van der Waals surface area contributed by atoms with Gasteiger partial charge in [0.1, 0.15) is 5.70 Å². The van der Waals surface area contributed by atoms with Crippen molar-refractivity contribution in [3.8, 4) is 23.0 Å². The molecule has 0 fully saturated rings. The lowest BCUT2D eigenvalue weighted by atomic mass is 9.95. The second-order valence-corrected chi connectivity index (χ2v) is 6.21. The van der Waals surface area contributed by atoms with Gasteiger partial charge in [0, 0.05) is 23.6 Å². The highest BCUT2D eigenvalue weighted by Crippen LogP contribution is 2.39. The van der Waals surface area contributed by atoms with Gasteiger partial charge in [-0.25, -0.2) is 0 Å². The number of nitrogens with two attached hydrogens (primary N) is 1. The zero-order chi connectivity index (χ0) is 18.1. The Balaban J connectivity index is 1.83. The third kappa shape index (κ3) is 2.70. The summed E-state index contributed by atoms with van der Waals surface area (Å²) >= 11 is 0. The first-order chi connectivity index (χ1) is 12.7. The molecule has 5 heteroatoms. The van der Waals surface area contributed by atoms with Crippen LogP contribution in [-0.4, -0.2) is 27.6 Å². The van der Waals surface area contributed by atoms with E-state index in [1.807, 2.05) is 12.1 Å². The Morgan fingerprint density at radius 3 is 2.65 bits per heavy atom. The number of ether oxygens (including phenoxy) is 4. The molecule has 2 heterocycles. The lowest BCUT2D eigenvalue weighted by Gasteiger charge is -2.18. The minimum Gasteiger partial charge on any atom is -0.493 e. The number of hydrogen-bond acceptors (Lipinski definition) is 4. The van der Waals surface area contributed by atoms with Gasteiger partial charge in [-0.05, 0) is 29.3 Å². The summed E-state index contributed by atoms with van der Waals surface area (Å²) in [5.41, 5.74) is 5.59. The van der Waals surface area contributed by atoms with E-state index in [-0.39, 0.29) is 6.79 Å². The van der Waals surface area contributed by atoms with Crippen LogP contribution in [0, 0.1) is 0 Å². The number of fused-ring (bicyclic) bond motifs is 2. The van der Waals surface area contributed by atoms with Crippen molar-refractivity contribution in [2.24, 2.45) is 0 Å². The highest BCUT2D eigenvalue weighted by atomic mass is 16.7. The molecule has 0 amide bonds. The van der Waals surface area contributed by atoms with Crippen LogP contribution < -0.4 is 24.3 Å². The minimum absolute atomic E-state index is 0.289. The van der Waals surface area contributed by atoms with Crippen molar-refractivity contribution in [1.82, 2.24) is 0 Å². The first kappa shape index (κ1) is 16.5. The van der Waals surface area contributed by atoms with Gasteiger partial charge in [0.2, 0.25) is 6.79 Å². The maximum Gasteiger partial charge on any atom is 0.231 e. The summed E-state index contributed by atoms with van der Waals surface area (Å²) in [7, 11) is 3.28. The van der Waals surface area contributed by atoms with Crippen LogP contribution in [0.25, 0.3) is 17.8 Å². The van der Waals surface area contributed by atoms with E-state index in [1.54, 1.807) is 20.3 Å². The quantitative estimate of drug-likeness (QED) is 0.919. The van der Waals surface area contributed by atoms with Gasteiger partial charge in [-0.15, -0.1) is 0 Å². The Morgan fingerprint density at radius 1 is 1.12 bits per heavy atom. The number of hydrogen-bond donors (Lipinski definition) is 1. The lowest BCUT2D eigenvalue weighted by molar-refractivity contribution is -0.563. The van der Waals surface area contributed by atoms with Crippen molar-refractivity contribution < 1.29 is 24.3 Å². The SMILES string of the molecule is C=Cc1c(/C=C2\[NH2+]CCc3cc4c(cc32)OCO4)ccc(OC)c1OC. The van der Waals surface area contributed by atoms with Crippen LogP contribution in [0.3, 0.4) is 0 Å². The van der Waals surface area contributed by atoms with Crippen molar-refractivity contribution in [2.75, 3.05) is 27.6 Å². The van der Waals surface area contributed by atoms with Gasteiger partial charge >= 0.3 is 0 Å². The van der Waals surface area contributed by atoms with E-state index in [0.29, 0.717) is 11.5 Å². The zero-order valence-corrected chi connectivity index (χ0v) is 15.0. The molecule has 0 spiro atoms. The maximum atomic E-state index is 5.56. The van der Waals surface area contributed by atoms with Crippen LogP contribution in [0.5, 0.6) is 23.0 Å². The molecular weight excluding hydrogens is 330 g/mol. The summed E-state index contributed by atoms with van der Waals surface area (Å²) in [4.78, 5) is 0. The Hall–Kier alpha value is -2.92. The molecule has 0 unspecified atom stereocenters. The van der Waals surface area contributed by atoms with E-state index < -0.39 is 0 Å². The fourth-order valence-electron chi connectivity index (χ4n) is 3.56. The number of benzene rings is 2. The summed E-state index contributed by atoms with van der Waals surface area (Å²) in [6, 6.07) is 8.12. The topological polar surface area (TPSA) is 53.5 Å². The Bertz CT molecular complexity index is 901. The van der Waals surface area contributed by atoms with E-state index >= 15 is 0 Å². The summed E-state index contributed by atoms with van der Waals surface area (Å²) in [6.07, 6.45) is 4.97. The number of rotatable bonds is 4. The molecule has 26 heavy (non-hydrogen) atoms. The molecule has 0 radical (unpaired) electrons. The summed E-state index contributed by atoms with van der Waals surface area (Å²) in [6.45, 7) is 5.23. The standard InChI is InChI=1S/C21H21NO4/c1-4-15-13(5-6-18(23-2)21(15)24-3)9-17-16-11-20-19(25-12-26-20)10-14(16)7-8-22-17/h4-6,9-11,22H,1,7-8,12H2,2-3H3/p+1/b17-9-. The molecule has 4 rings (SSSR count). The van der Waals surface area contributed by atoms with Gasteiger partial charge in [0.15, 0.2) is 23.0 Å². The van der Waals surface area contributed by atoms with E-state index in [2.05, 4.69) is 30.1 Å². The summed E-state index contributed by atoms with van der Waals surface area (Å²) in [5, 5.41) is 2.26. The molecule has 2 aromatic rings. The van der Waals surface area contributed by atoms with E-state index in [4.69, 9.17) is 18.9 Å². The van der Waals surface area contributed by atoms with Crippen LogP contribution >= 0.6 is 0 Å². The lowest BCUT2D eigenvalue weighted by Crippen LogP contribution is -2.82. The molecule has 2 aromatic carbocycles. The molecule has 0 bridgehead atoms. The fraction of sp³-hybridized carbons (Fsp3) is 0.238. The molecular formula is C21H22NO4+. The largest absolute Gasteiger partial charge is 0.493 e. The fourth-order valence-corrected chi connectivity index (χ4v) is 3.56. The molecule has 0 atom stereocenters. The maximum absolute atomic E-state index is 5.56. The number of quaternary nitrogens is 1. The van der Waals surface area contributed by atoms with Crippen LogP contribution in [-0.2, 0) is 6.42 Å². The van der Waals surface area contributed by atoms with E-state index in [1.165, 1.54) is 16.8 Å². The van der Waals surface area contributed by atoms with Gasteiger partial charge in [-0.3, -0.25) is 0 Å². The first-order valence-electron chi connectivity index (χ1n) is 8.60. The van der Waals surface area contributed by atoms with Crippen LogP contribution in [0.2, 0.25) is 0 Å². The van der Waals surface area contributed by atoms with Gasteiger partial charge < -0.3 is 24.3 Å². The second kappa shape index (κ2) is 6.77. The van der Waals surface area contributed by atoms with Gasteiger partial charge in [0.05, 0.1) is 20.8 Å². The molecule has 0 saturated carbocycles. The molecule has 0 aromatic heterocycles. The number of methoxy groups -OCH3 is 2. The first-order valence-corrected chi connectivity index (χ1v) is 8.60. The Labute approximate surface area is 152 Å². The van der Waals surface area contributed by atoms with E-state index in [9.17, 15) is 0 Å². The second-order valence-electron chi connectivity index (χ2n) is 6.21. The third-order valence-electron chi connectivity index (χ3n) is 4.82. The average Bonchev–Trinajstić information content (AvgIpc) is 3.13. The van der Waals surface area contributed by atoms with Crippen LogP contribution in [0.15, 0.2) is 30.8 Å². The smallest absolute Gasteiger partial charge is 0.231 e. The van der Waals surface area contributed by atoms with Crippen molar-refractivity contribution in [3.63, 3.8) is 0 Å². The van der Waals surface area contributed by atoms with Crippen LogP contribution in [0.4, 0.5) is 0 Å². The van der Waals surface area contributed by atoms with E-state index in [0.717, 1.165) is 35.6 Å². The average molecular weight is 352 g/mol. The normalized spacial score (nSPS) is 16.3. The predicted octanol–water partition coefficient (Wildman–Crippen LogP) is 2.69. The molecule has 134 valence electrons. The zero-order valence-electron chi connectivity index (χ0n) is 15.0. The van der Waals surface area contributed by atoms with Crippen molar-refractivity contribution in [1.29, 1.82) is 0 Å². The minimum atomic E-state index is 0.289. The third-order valence-corrected chi connectivity index (χ3v) is 4.82. The Kier molecular flexibility index (Phi) is 4.31. The molecule has 0 saturated heterocycles. The monoisotopic (exact) mass is 352 g/mol. The molecule has 2 N–H and O–H groups in total. The molecule has 0 aliphatic carbocycles. The van der Waals surface area contributed by atoms with Crippen molar-refractivity contribution >= 4 is 17.8 Å². The Morgan fingerprint density at radius 2 is 1.92 bits per heavy atom. The molecule has 2 aliphatic heterocycles. The van der Waals surface area contributed by atoms with Gasteiger partial charge in [-0.2, -0.15) is 0 Å². The highest BCUT2D eigenvalue weighted by molar-refractivity contribution is 5.84. The summed E-state index contributed by atoms with van der Waals surface area (Å²) in [5.74, 6) is 3.03. The summed E-state index contributed by atoms with van der Waals surface area (Å²) < 4.78 is 22.0. The van der Waals surface area contributed by atoms with Gasteiger partial charge in [-0.1, -0.05) is 18.7 Å². The van der Waals surface area contributed by atoms with Crippen molar-refractivity contribution in [3.05, 3.63) is 53.1 Å². The van der Waals surface area contributed by atoms with Crippen molar-refractivity contribution in [2.45, 2.75) is 6.42 Å².